The molecule has 0 spiro atoms. The van der Waals surface area contributed by atoms with Gasteiger partial charge in [0.2, 0.25) is 0 Å². The molecule has 3 rings (SSSR count). The number of carbonyl (C=O) groups excluding carboxylic acids is 1. The lowest BCUT2D eigenvalue weighted by Gasteiger charge is -2.25. The van der Waals surface area contributed by atoms with E-state index in [1.807, 2.05) is 29.2 Å². The Labute approximate surface area is 161 Å². The van der Waals surface area contributed by atoms with Gasteiger partial charge < -0.3 is 19.3 Å². The zero-order valence-corrected chi connectivity index (χ0v) is 16.5. The van der Waals surface area contributed by atoms with E-state index < -0.39 is 0 Å². The summed E-state index contributed by atoms with van der Waals surface area (Å²) in [5, 5.41) is 0. The number of likely N-dealkylation sites (N-methyl/N-ethyl adjacent to an activating group) is 1. The fraction of sp³-hybridized carbons (Fsp3) is 0.409. The Bertz CT molecular complexity index is 773. The second-order valence-corrected chi connectivity index (χ2v) is 7.29. The monoisotopic (exact) mass is 368 g/mol. The highest BCUT2D eigenvalue weighted by Gasteiger charge is 2.37. The van der Waals surface area contributed by atoms with Crippen LogP contribution in [0.15, 0.2) is 48.5 Å². The molecule has 1 heterocycles. The van der Waals surface area contributed by atoms with E-state index in [4.69, 9.17) is 9.47 Å². The Balaban J connectivity index is 1.67. The van der Waals surface area contributed by atoms with Gasteiger partial charge in [-0.2, -0.15) is 0 Å². The molecule has 2 aromatic carbocycles. The third-order valence-electron chi connectivity index (χ3n) is 5.23. The molecule has 0 N–H and O–H groups in total. The first-order chi connectivity index (χ1) is 13.0. The standard InChI is InChI=1S/C22H28N2O3/c1-16-9-11-17(12-10-16)18-13-24(14-19(18)23(2)3)22(25)15-27-21-8-6-5-7-20(21)26-4/h5-12,18-19H,13-15H2,1-4H3/t18-,19+/m0/s1. The van der Waals surface area contributed by atoms with Crippen LogP contribution >= 0.6 is 0 Å². The van der Waals surface area contributed by atoms with Crippen molar-refractivity contribution in [3.05, 3.63) is 59.7 Å². The van der Waals surface area contributed by atoms with Gasteiger partial charge in [0.1, 0.15) is 0 Å². The predicted molar refractivity (Wildman–Crippen MR) is 106 cm³/mol. The Hall–Kier alpha value is -2.53. The van der Waals surface area contributed by atoms with E-state index in [2.05, 4.69) is 50.2 Å². The van der Waals surface area contributed by atoms with Gasteiger partial charge >= 0.3 is 0 Å². The number of carbonyl (C=O) groups is 1. The molecule has 1 amide bonds. The lowest BCUT2D eigenvalue weighted by molar-refractivity contribution is -0.132. The van der Waals surface area contributed by atoms with Crippen LogP contribution in [0.1, 0.15) is 17.0 Å². The van der Waals surface area contributed by atoms with Gasteiger partial charge in [-0.1, -0.05) is 42.0 Å². The topological polar surface area (TPSA) is 42.0 Å². The zero-order valence-electron chi connectivity index (χ0n) is 16.5. The molecule has 5 heteroatoms. The summed E-state index contributed by atoms with van der Waals surface area (Å²) < 4.78 is 11.0. The van der Waals surface area contributed by atoms with E-state index in [0.29, 0.717) is 36.5 Å². The Morgan fingerprint density at radius 1 is 1.07 bits per heavy atom. The molecule has 0 bridgehead atoms. The second kappa shape index (κ2) is 8.44. The normalized spacial score (nSPS) is 19.4. The highest BCUT2D eigenvalue weighted by Crippen LogP contribution is 2.31. The first kappa shape index (κ1) is 19.2. The van der Waals surface area contributed by atoms with Crippen LogP contribution in [-0.4, -0.2) is 62.7 Å². The summed E-state index contributed by atoms with van der Waals surface area (Å²) in [6.07, 6.45) is 0. The quantitative estimate of drug-likeness (QED) is 0.786. The summed E-state index contributed by atoms with van der Waals surface area (Å²) in [7, 11) is 5.74. The number of likely N-dealkylation sites (tertiary alicyclic amines) is 1. The summed E-state index contributed by atoms with van der Waals surface area (Å²) >= 11 is 0. The average molecular weight is 368 g/mol. The molecule has 1 aliphatic rings. The number of para-hydroxylation sites is 2. The van der Waals surface area contributed by atoms with Crippen LogP contribution in [0.5, 0.6) is 11.5 Å². The third kappa shape index (κ3) is 4.42. The molecular formula is C22H28N2O3. The maximum absolute atomic E-state index is 12.8. The number of nitrogens with zero attached hydrogens (tertiary/aromatic N) is 2. The van der Waals surface area contributed by atoms with Gasteiger partial charge in [-0.15, -0.1) is 0 Å². The molecule has 2 aromatic rings. The first-order valence-electron chi connectivity index (χ1n) is 9.26. The van der Waals surface area contributed by atoms with Gasteiger partial charge in [0.15, 0.2) is 18.1 Å². The molecule has 27 heavy (non-hydrogen) atoms. The molecule has 0 aromatic heterocycles. The highest BCUT2D eigenvalue weighted by atomic mass is 16.5. The maximum Gasteiger partial charge on any atom is 0.260 e. The van der Waals surface area contributed by atoms with Crippen molar-refractivity contribution >= 4 is 5.91 Å². The van der Waals surface area contributed by atoms with Crippen molar-refractivity contribution in [1.29, 1.82) is 0 Å². The molecule has 5 nitrogen and oxygen atoms in total. The molecule has 0 saturated carbocycles. The molecule has 2 atom stereocenters. The van der Waals surface area contributed by atoms with Crippen LogP contribution < -0.4 is 9.47 Å². The number of aryl methyl sites for hydroxylation is 1. The summed E-state index contributed by atoms with van der Waals surface area (Å²) in [6.45, 7) is 3.52. The summed E-state index contributed by atoms with van der Waals surface area (Å²) in [6, 6.07) is 16.3. The molecule has 0 aliphatic carbocycles. The minimum absolute atomic E-state index is 0.00219. The minimum atomic E-state index is 0.00219. The Morgan fingerprint density at radius 2 is 1.74 bits per heavy atom. The summed E-state index contributed by atoms with van der Waals surface area (Å²) in [5.41, 5.74) is 2.52. The van der Waals surface area contributed by atoms with Gasteiger partial charge in [-0.05, 0) is 38.7 Å². The molecule has 1 saturated heterocycles. The molecular weight excluding hydrogens is 340 g/mol. The van der Waals surface area contributed by atoms with Crippen LogP contribution in [0.4, 0.5) is 0 Å². The van der Waals surface area contributed by atoms with Crippen molar-refractivity contribution in [3.63, 3.8) is 0 Å². The second-order valence-electron chi connectivity index (χ2n) is 7.29. The van der Waals surface area contributed by atoms with Crippen LogP contribution in [0, 0.1) is 6.92 Å². The van der Waals surface area contributed by atoms with Crippen molar-refractivity contribution in [2.45, 2.75) is 18.9 Å². The van der Waals surface area contributed by atoms with Crippen LogP contribution in [0.3, 0.4) is 0 Å². The lowest BCUT2D eigenvalue weighted by atomic mass is 9.93. The third-order valence-corrected chi connectivity index (χ3v) is 5.23. The molecule has 1 aliphatic heterocycles. The number of hydrogen-bond acceptors (Lipinski definition) is 4. The lowest BCUT2D eigenvalue weighted by Crippen LogP contribution is -2.37. The molecule has 0 radical (unpaired) electrons. The molecule has 0 unspecified atom stereocenters. The smallest absolute Gasteiger partial charge is 0.260 e. The first-order valence-corrected chi connectivity index (χ1v) is 9.26. The number of benzene rings is 2. The van der Waals surface area contributed by atoms with Gasteiger partial charge in [-0.25, -0.2) is 0 Å². The van der Waals surface area contributed by atoms with Gasteiger partial charge in [0.25, 0.3) is 5.91 Å². The molecule has 144 valence electrons. The fourth-order valence-electron chi connectivity index (χ4n) is 3.62. The van der Waals surface area contributed by atoms with Crippen LogP contribution in [-0.2, 0) is 4.79 Å². The SMILES string of the molecule is COc1ccccc1OCC(=O)N1C[C@@H](N(C)C)[C@H](c2ccc(C)cc2)C1. The maximum atomic E-state index is 12.8. The van der Waals surface area contributed by atoms with Gasteiger partial charge in [-0.3, -0.25) is 4.79 Å². The number of methoxy groups -OCH3 is 1. The van der Waals surface area contributed by atoms with E-state index in [1.54, 1.807) is 7.11 Å². The average Bonchev–Trinajstić information content (AvgIpc) is 3.12. The molecule has 1 fully saturated rings. The van der Waals surface area contributed by atoms with Gasteiger partial charge in [0, 0.05) is 25.0 Å². The van der Waals surface area contributed by atoms with Crippen LogP contribution in [0.25, 0.3) is 0 Å². The van der Waals surface area contributed by atoms with E-state index >= 15 is 0 Å². The van der Waals surface area contributed by atoms with E-state index in [9.17, 15) is 4.79 Å². The van der Waals surface area contributed by atoms with E-state index in [0.717, 1.165) is 0 Å². The van der Waals surface area contributed by atoms with E-state index in [-0.39, 0.29) is 12.5 Å². The van der Waals surface area contributed by atoms with E-state index in [1.165, 1.54) is 11.1 Å². The van der Waals surface area contributed by atoms with Crippen molar-refractivity contribution in [1.82, 2.24) is 9.80 Å². The van der Waals surface area contributed by atoms with Gasteiger partial charge in [0.05, 0.1) is 7.11 Å². The Kier molecular flexibility index (Phi) is 6.01. The summed E-state index contributed by atoms with van der Waals surface area (Å²) in [4.78, 5) is 16.9. The van der Waals surface area contributed by atoms with Crippen LogP contribution in [0.2, 0.25) is 0 Å². The Morgan fingerprint density at radius 3 is 2.37 bits per heavy atom. The summed E-state index contributed by atoms with van der Waals surface area (Å²) in [5.74, 6) is 1.53. The number of ether oxygens (including phenoxy) is 2. The van der Waals surface area contributed by atoms with Crippen molar-refractivity contribution in [3.8, 4) is 11.5 Å². The van der Waals surface area contributed by atoms with Crippen molar-refractivity contribution < 1.29 is 14.3 Å². The predicted octanol–water partition coefficient (Wildman–Crippen LogP) is 2.94. The fourth-order valence-corrected chi connectivity index (χ4v) is 3.62. The van der Waals surface area contributed by atoms with Crippen molar-refractivity contribution in [2.24, 2.45) is 0 Å². The zero-order chi connectivity index (χ0) is 19.4. The number of rotatable bonds is 6. The van der Waals surface area contributed by atoms with Crippen molar-refractivity contribution in [2.75, 3.05) is 40.9 Å². The minimum Gasteiger partial charge on any atom is -0.493 e. The number of hydrogen-bond donors (Lipinski definition) is 0. The highest BCUT2D eigenvalue weighted by molar-refractivity contribution is 5.78. The largest absolute Gasteiger partial charge is 0.493 e. The number of amides is 1.